The summed E-state index contributed by atoms with van der Waals surface area (Å²) in [4.78, 5) is 5.02. The molecule has 0 aromatic rings. The maximum absolute atomic E-state index is 2.57. The second-order valence-electron chi connectivity index (χ2n) is 3.51. The van der Waals surface area contributed by atoms with Crippen LogP contribution in [0.1, 0.15) is 27.2 Å². The molecule has 2 unspecified atom stereocenters. The van der Waals surface area contributed by atoms with Gasteiger partial charge < -0.3 is 0 Å². The molecular weight excluding hydrogens is 136 g/mol. The largest absolute Gasteiger partial charge is 0.289 e. The third-order valence-electron chi connectivity index (χ3n) is 2.74. The van der Waals surface area contributed by atoms with Crippen LogP contribution in [0.2, 0.25) is 0 Å². The summed E-state index contributed by atoms with van der Waals surface area (Å²) in [6, 6.07) is 0.745. The molecular formula is C9H20N2. The predicted octanol–water partition coefficient (Wildman–Crippen LogP) is 1.38. The quantitative estimate of drug-likeness (QED) is 0.596. The normalized spacial score (nSPS) is 34.9. The molecule has 66 valence electrons. The van der Waals surface area contributed by atoms with Crippen LogP contribution >= 0.6 is 0 Å². The van der Waals surface area contributed by atoms with Gasteiger partial charge in [-0.3, -0.25) is 9.80 Å². The lowest BCUT2D eigenvalue weighted by Crippen LogP contribution is -2.38. The molecule has 1 aliphatic rings. The molecule has 0 aromatic carbocycles. The summed E-state index contributed by atoms with van der Waals surface area (Å²) in [6.07, 6.45) is 1.93. The standard InChI is InChI=1S/C9H20N2/c1-5-9-10(4)7-8(3)11(9)6-2/h8-9H,5-7H2,1-4H3. The van der Waals surface area contributed by atoms with Crippen molar-refractivity contribution in [3.63, 3.8) is 0 Å². The minimum Gasteiger partial charge on any atom is -0.289 e. The Morgan fingerprint density at radius 2 is 2.00 bits per heavy atom. The molecule has 1 heterocycles. The van der Waals surface area contributed by atoms with Gasteiger partial charge in [-0.1, -0.05) is 13.8 Å². The number of hydrogen-bond acceptors (Lipinski definition) is 2. The van der Waals surface area contributed by atoms with Crippen LogP contribution in [0.3, 0.4) is 0 Å². The van der Waals surface area contributed by atoms with Gasteiger partial charge >= 0.3 is 0 Å². The molecule has 0 aliphatic carbocycles. The van der Waals surface area contributed by atoms with E-state index >= 15 is 0 Å². The fourth-order valence-electron chi connectivity index (χ4n) is 2.26. The van der Waals surface area contributed by atoms with Crippen LogP contribution in [0.15, 0.2) is 0 Å². The molecule has 11 heavy (non-hydrogen) atoms. The van der Waals surface area contributed by atoms with Gasteiger partial charge in [0.05, 0.1) is 6.17 Å². The number of likely N-dealkylation sites (N-methyl/N-ethyl adjacent to an activating group) is 2. The molecule has 1 fully saturated rings. The lowest BCUT2D eigenvalue weighted by molar-refractivity contribution is 0.143. The van der Waals surface area contributed by atoms with Gasteiger partial charge in [-0.15, -0.1) is 0 Å². The summed E-state index contributed by atoms with van der Waals surface area (Å²) >= 11 is 0. The molecule has 2 nitrogen and oxygen atoms in total. The molecule has 1 aliphatic heterocycles. The van der Waals surface area contributed by atoms with E-state index in [1.165, 1.54) is 19.5 Å². The van der Waals surface area contributed by atoms with Crippen molar-refractivity contribution in [1.29, 1.82) is 0 Å². The molecule has 0 spiro atoms. The summed E-state index contributed by atoms with van der Waals surface area (Å²) in [6.45, 7) is 9.24. The zero-order chi connectivity index (χ0) is 8.43. The molecule has 0 saturated carbocycles. The molecule has 0 amide bonds. The number of hydrogen-bond donors (Lipinski definition) is 0. The Kier molecular flexibility index (Phi) is 2.90. The van der Waals surface area contributed by atoms with Crippen molar-refractivity contribution < 1.29 is 0 Å². The van der Waals surface area contributed by atoms with Crippen molar-refractivity contribution in [2.75, 3.05) is 20.1 Å². The van der Waals surface area contributed by atoms with Crippen LogP contribution in [0.25, 0.3) is 0 Å². The summed E-state index contributed by atoms with van der Waals surface area (Å²) in [7, 11) is 2.22. The Hall–Kier alpha value is -0.0800. The molecule has 2 heteroatoms. The fraction of sp³-hybridized carbons (Fsp3) is 1.00. The topological polar surface area (TPSA) is 6.48 Å². The van der Waals surface area contributed by atoms with Crippen LogP contribution < -0.4 is 0 Å². The van der Waals surface area contributed by atoms with Gasteiger partial charge in [-0.05, 0) is 26.9 Å². The molecule has 0 aromatic heterocycles. The van der Waals surface area contributed by atoms with E-state index in [-0.39, 0.29) is 0 Å². The first-order valence-electron chi connectivity index (χ1n) is 4.66. The van der Waals surface area contributed by atoms with Crippen molar-refractivity contribution in [2.24, 2.45) is 0 Å². The van der Waals surface area contributed by atoms with E-state index in [1.807, 2.05) is 0 Å². The highest BCUT2D eigenvalue weighted by atomic mass is 15.4. The zero-order valence-corrected chi connectivity index (χ0v) is 8.17. The van der Waals surface area contributed by atoms with Crippen LogP contribution in [-0.2, 0) is 0 Å². The average Bonchev–Trinajstić information content (AvgIpc) is 2.24. The van der Waals surface area contributed by atoms with Crippen molar-refractivity contribution in [3.8, 4) is 0 Å². The molecule has 1 saturated heterocycles. The highest BCUT2D eigenvalue weighted by molar-refractivity contribution is 4.84. The maximum Gasteiger partial charge on any atom is 0.0620 e. The third kappa shape index (κ3) is 1.57. The van der Waals surface area contributed by atoms with Gasteiger partial charge in [-0.25, -0.2) is 0 Å². The highest BCUT2D eigenvalue weighted by Crippen LogP contribution is 2.19. The Morgan fingerprint density at radius 3 is 2.36 bits per heavy atom. The summed E-state index contributed by atoms with van der Waals surface area (Å²) in [5.41, 5.74) is 0. The molecule has 0 N–H and O–H groups in total. The van der Waals surface area contributed by atoms with E-state index in [9.17, 15) is 0 Å². The van der Waals surface area contributed by atoms with Gasteiger partial charge in [0.15, 0.2) is 0 Å². The summed E-state index contributed by atoms with van der Waals surface area (Å²) in [5.74, 6) is 0. The van der Waals surface area contributed by atoms with Crippen LogP contribution in [0.4, 0.5) is 0 Å². The van der Waals surface area contributed by atoms with Gasteiger partial charge in [0, 0.05) is 12.6 Å². The minimum absolute atomic E-state index is 0.690. The van der Waals surface area contributed by atoms with Crippen molar-refractivity contribution in [1.82, 2.24) is 9.80 Å². The molecule has 0 bridgehead atoms. The number of rotatable bonds is 2. The predicted molar refractivity (Wildman–Crippen MR) is 48.6 cm³/mol. The van der Waals surface area contributed by atoms with E-state index in [1.54, 1.807) is 0 Å². The molecule has 1 rings (SSSR count). The van der Waals surface area contributed by atoms with Gasteiger partial charge in [0.25, 0.3) is 0 Å². The molecule has 2 atom stereocenters. The minimum atomic E-state index is 0.690. The Labute approximate surface area is 70.2 Å². The van der Waals surface area contributed by atoms with E-state index in [0.29, 0.717) is 6.17 Å². The Bertz CT molecular complexity index is 111. The second kappa shape index (κ2) is 3.55. The van der Waals surface area contributed by atoms with Crippen molar-refractivity contribution in [3.05, 3.63) is 0 Å². The first kappa shape index (κ1) is 9.01. The lowest BCUT2D eigenvalue weighted by Gasteiger charge is -2.27. The molecule has 0 radical (unpaired) electrons. The Morgan fingerprint density at radius 1 is 1.36 bits per heavy atom. The van der Waals surface area contributed by atoms with E-state index in [4.69, 9.17) is 0 Å². The van der Waals surface area contributed by atoms with Crippen LogP contribution in [-0.4, -0.2) is 42.1 Å². The van der Waals surface area contributed by atoms with Crippen LogP contribution in [0, 0.1) is 0 Å². The smallest absolute Gasteiger partial charge is 0.0620 e. The third-order valence-corrected chi connectivity index (χ3v) is 2.74. The number of nitrogens with zero attached hydrogens (tertiary/aromatic N) is 2. The van der Waals surface area contributed by atoms with Gasteiger partial charge in [0.1, 0.15) is 0 Å². The van der Waals surface area contributed by atoms with Crippen molar-refractivity contribution in [2.45, 2.75) is 39.4 Å². The maximum atomic E-state index is 2.57. The average molecular weight is 156 g/mol. The van der Waals surface area contributed by atoms with Crippen molar-refractivity contribution >= 4 is 0 Å². The van der Waals surface area contributed by atoms with Gasteiger partial charge in [-0.2, -0.15) is 0 Å². The van der Waals surface area contributed by atoms with E-state index in [0.717, 1.165) is 6.04 Å². The van der Waals surface area contributed by atoms with Crippen LogP contribution in [0.5, 0.6) is 0 Å². The SMILES string of the molecule is CCC1N(C)CC(C)N1CC. The lowest BCUT2D eigenvalue weighted by atomic mass is 10.3. The first-order valence-corrected chi connectivity index (χ1v) is 4.66. The second-order valence-corrected chi connectivity index (χ2v) is 3.51. The highest BCUT2D eigenvalue weighted by Gasteiger charge is 2.31. The summed E-state index contributed by atoms with van der Waals surface area (Å²) in [5, 5.41) is 0. The van der Waals surface area contributed by atoms with E-state index < -0.39 is 0 Å². The fourth-order valence-corrected chi connectivity index (χ4v) is 2.26. The van der Waals surface area contributed by atoms with Gasteiger partial charge in [0.2, 0.25) is 0 Å². The monoisotopic (exact) mass is 156 g/mol. The summed E-state index contributed by atoms with van der Waals surface area (Å²) < 4.78 is 0. The zero-order valence-electron chi connectivity index (χ0n) is 8.17. The van der Waals surface area contributed by atoms with E-state index in [2.05, 4.69) is 37.6 Å². The first-order chi connectivity index (χ1) is 5.20. The Balaban J connectivity index is 2.59.